The zero-order chi connectivity index (χ0) is 30.7. The number of fused-ring (bicyclic) bond motifs is 6. The molecule has 0 unspecified atom stereocenters. The van der Waals surface area contributed by atoms with Crippen molar-refractivity contribution in [2.24, 2.45) is 0 Å². The maximum atomic E-state index is 6.71. The Hall–Kier alpha value is -3.77. The third-order valence-electron chi connectivity index (χ3n) is 9.64. The van der Waals surface area contributed by atoms with Gasteiger partial charge in [0.25, 0.3) is 0 Å². The minimum Gasteiger partial charge on any atom is -0.399 e. The predicted molar refractivity (Wildman–Crippen MR) is 184 cm³/mol. The first-order valence-corrected chi connectivity index (χ1v) is 16.2. The van der Waals surface area contributed by atoms with Gasteiger partial charge in [-0.05, 0) is 93.1 Å². The van der Waals surface area contributed by atoms with Crippen LogP contribution in [0.1, 0.15) is 57.7 Å². The van der Waals surface area contributed by atoms with Gasteiger partial charge in [-0.2, -0.15) is 0 Å². The normalized spacial score (nSPS) is 20.8. The second kappa shape index (κ2) is 10.7. The van der Waals surface area contributed by atoms with Crippen molar-refractivity contribution in [3.05, 3.63) is 161 Å². The third-order valence-corrected chi connectivity index (χ3v) is 10.8. The van der Waals surface area contributed by atoms with Gasteiger partial charge < -0.3 is 14.2 Å². The van der Waals surface area contributed by atoms with Crippen molar-refractivity contribution in [3.8, 4) is 0 Å². The van der Waals surface area contributed by atoms with Crippen LogP contribution in [0.4, 0.5) is 5.69 Å². The van der Waals surface area contributed by atoms with Gasteiger partial charge in [-0.15, -0.1) is 0 Å². The third kappa shape index (κ3) is 4.21. The van der Waals surface area contributed by atoms with E-state index in [1.54, 1.807) is 0 Å². The molecule has 0 saturated carbocycles. The van der Waals surface area contributed by atoms with Crippen LogP contribution < -0.4 is 4.90 Å². The topological polar surface area (TPSA) is 21.7 Å². The summed E-state index contributed by atoms with van der Waals surface area (Å²) in [6.07, 6.45) is 16.2. The van der Waals surface area contributed by atoms with E-state index in [1.807, 2.05) is 11.8 Å². The van der Waals surface area contributed by atoms with Crippen LogP contribution in [0.5, 0.6) is 0 Å². The molecule has 3 heterocycles. The molecule has 1 spiro atoms. The van der Waals surface area contributed by atoms with Crippen molar-refractivity contribution < 1.29 is 9.31 Å². The van der Waals surface area contributed by atoms with Crippen molar-refractivity contribution in [2.75, 3.05) is 4.90 Å². The molecule has 220 valence electrons. The summed E-state index contributed by atoms with van der Waals surface area (Å²) in [5, 5.41) is 0. The summed E-state index contributed by atoms with van der Waals surface area (Å²) in [6, 6.07) is 26.6. The van der Waals surface area contributed by atoms with Crippen LogP contribution in [-0.2, 0) is 14.7 Å². The average Bonchev–Trinajstić information content (AvgIpc) is 3.17. The van der Waals surface area contributed by atoms with Gasteiger partial charge in [0.05, 0.1) is 28.0 Å². The molecular weight excluding hydrogens is 557 g/mol. The van der Waals surface area contributed by atoms with E-state index < -0.39 is 23.7 Å². The van der Waals surface area contributed by atoms with Gasteiger partial charge in [0, 0.05) is 15.5 Å². The van der Waals surface area contributed by atoms with Gasteiger partial charge in [0.15, 0.2) is 0 Å². The quantitative estimate of drug-likeness (QED) is 0.280. The number of rotatable bonds is 4. The van der Waals surface area contributed by atoms with E-state index in [-0.39, 0.29) is 0 Å². The molecule has 3 nitrogen and oxygen atoms in total. The molecule has 0 atom stereocenters. The zero-order valence-corrected chi connectivity index (χ0v) is 26.9. The Labute approximate surface area is 266 Å². The van der Waals surface area contributed by atoms with Crippen LogP contribution in [0.2, 0.25) is 0 Å². The summed E-state index contributed by atoms with van der Waals surface area (Å²) in [6.45, 7) is 15.3. The summed E-state index contributed by atoms with van der Waals surface area (Å²) < 4.78 is 13.4. The Bertz CT molecular complexity index is 1760. The number of allylic oxidation sites excluding steroid dienone is 9. The van der Waals surface area contributed by atoms with E-state index in [9.17, 15) is 0 Å². The molecule has 0 bridgehead atoms. The number of anilines is 1. The molecule has 3 aliphatic heterocycles. The van der Waals surface area contributed by atoms with E-state index in [0.29, 0.717) is 0 Å². The number of hydrogen-bond donors (Lipinski definition) is 0. The molecule has 1 fully saturated rings. The Morgan fingerprint density at radius 1 is 0.841 bits per heavy atom. The molecule has 5 heteroatoms. The minimum absolute atomic E-state index is 0.497. The number of benzene rings is 3. The van der Waals surface area contributed by atoms with Crippen molar-refractivity contribution in [1.82, 2.24) is 0 Å². The summed E-state index contributed by atoms with van der Waals surface area (Å²) in [5.41, 5.74) is 7.40. The summed E-state index contributed by atoms with van der Waals surface area (Å²) >= 11 is 1.85. The van der Waals surface area contributed by atoms with Crippen LogP contribution in [0.25, 0.3) is 0 Å². The van der Waals surface area contributed by atoms with E-state index in [0.717, 1.165) is 34.5 Å². The lowest BCUT2D eigenvalue weighted by Gasteiger charge is -2.50. The van der Waals surface area contributed by atoms with E-state index in [4.69, 9.17) is 15.9 Å². The van der Waals surface area contributed by atoms with Crippen molar-refractivity contribution in [2.45, 2.75) is 67.4 Å². The summed E-state index contributed by atoms with van der Waals surface area (Å²) in [7, 11) is -0.614. The van der Waals surface area contributed by atoms with E-state index >= 15 is 0 Å². The molecule has 0 amide bonds. The molecule has 0 N–H and O–H groups in total. The number of nitrogens with zero attached hydrogens (tertiary/aromatic N) is 1. The molecule has 3 aromatic rings. The highest BCUT2D eigenvalue weighted by molar-refractivity contribution is 7.99. The van der Waals surface area contributed by atoms with Gasteiger partial charge in [0.2, 0.25) is 0 Å². The molecule has 7 rings (SSSR count). The first kappa shape index (κ1) is 29.0. The maximum Gasteiger partial charge on any atom is 0.496 e. The maximum absolute atomic E-state index is 6.71. The Kier molecular flexibility index (Phi) is 7.04. The number of hydrogen-bond acceptors (Lipinski definition) is 4. The first-order chi connectivity index (χ1) is 21.2. The van der Waals surface area contributed by atoms with Crippen LogP contribution in [0.3, 0.4) is 0 Å². The second-order valence-electron chi connectivity index (χ2n) is 12.7. The minimum atomic E-state index is -0.614. The predicted octanol–water partition coefficient (Wildman–Crippen LogP) is 9.72. The lowest BCUT2D eigenvalue weighted by molar-refractivity contribution is 0.00578. The van der Waals surface area contributed by atoms with Gasteiger partial charge in [-0.3, -0.25) is 0 Å². The Balaban J connectivity index is 1.62. The highest BCUT2D eigenvalue weighted by Gasteiger charge is 2.56. The molecule has 44 heavy (non-hydrogen) atoms. The van der Waals surface area contributed by atoms with Crippen LogP contribution in [-0.4, -0.2) is 18.3 Å². The summed E-state index contributed by atoms with van der Waals surface area (Å²) in [4.78, 5) is 4.91. The van der Waals surface area contributed by atoms with Gasteiger partial charge in [0.1, 0.15) is 0 Å². The highest BCUT2D eigenvalue weighted by atomic mass is 32.2. The Morgan fingerprint density at radius 2 is 1.43 bits per heavy atom. The van der Waals surface area contributed by atoms with Crippen molar-refractivity contribution in [3.63, 3.8) is 0 Å². The lowest BCUT2D eigenvalue weighted by Crippen LogP contribution is -2.44. The molecule has 1 saturated heterocycles. The van der Waals surface area contributed by atoms with E-state index in [1.165, 1.54) is 26.5 Å². The SMILES string of the molecule is C=C(B1OC(C)(C)C(C)(C)O1)C1=C(/C=C\C)C2(c3ccccc3Sc3ccccc32)c2ccccc2N1C1=CCC=CC=C1. The molecule has 0 aromatic heterocycles. The lowest BCUT2D eigenvalue weighted by atomic mass is 9.59. The van der Waals surface area contributed by atoms with Crippen molar-refractivity contribution in [1.29, 1.82) is 0 Å². The Morgan fingerprint density at radius 3 is 2.07 bits per heavy atom. The zero-order valence-electron chi connectivity index (χ0n) is 26.1. The van der Waals surface area contributed by atoms with Crippen molar-refractivity contribution >= 4 is 24.6 Å². The first-order valence-electron chi connectivity index (χ1n) is 15.4. The van der Waals surface area contributed by atoms with Crippen LogP contribution in [0, 0.1) is 0 Å². The van der Waals surface area contributed by atoms with Gasteiger partial charge in [-0.1, -0.05) is 109 Å². The summed E-state index contributed by atoms with van der Waals surface area (Å²) in [5.74, 6) is 0. The highest BCUT2D eigenvalue weighted by Crippen LogP contribution is 2.62. The van der Waals surface area contributed by atoms with Gasteiger partial charge >= 0.3 is 7.12 Å². The van der Waals surface area contributed by atoms with Crippen LogP contribution >= 0.6 is 11.8 Å². The molecule has 1 aliphatic carbocycles. The standard InChI is InChI=1S/C39H38BNO2S/c1-7-18-32-36(27(2)40-42-37(3,4)38(5,6)43-40)41(28-19-10-8-9-11-20-28)33-24-15-12-21-29(33)39(32)30-22-13-16-25-34(30)44-35-26-17-14-23-31(35)39/h7-10,12-26H,2,11H2,1,3-6H3/b18-7-. The average molecular weight is 596 g/mol. The second-order valence-corrected chi connectivity index (χ2v) is 13.8. The fourth-order valence-corrected chi connectivity index (χ4v) is 8.10. The molecule has 4 aliphatic rings. The fourth-order valence-electron chi connectivity index (χ4n) is 6.91. The molecule has 0 radical (unpaired) electrons. The van der Waals surface area contributed by atoms with Gasteiger partial charge in [-0.25, -0.2) is 0 Å². The molecular formula is C39H38BNO2S. The monoisotopic (exact) mass is 595 g/mol. The smallest absolute Gasteiger partial charge is 0.399 e. The largest absolute Gasteiger partial charge is 0.496 e. The van der Waals surface area contributed by atoms with E-state index in [2.05, 4.69) is 155 Å². The number of para-hydroxylation sites is 1. The fraction of sp³-hybridized carbons (Fsp3) is 0.231. The van der Waals surface area contributed by atoms with Crippen LogP contribution in [0.15, 0.2) is 154 Å². The molecule has 3 aromatic carbocycles.